The second kappa shape index (κ2) is 60.6. The van der Waals surface area contributed by atoms with Crippen LogP contribution in [-0.2, 0) is 14.3 Å². The first-order chi connectivity index (χ1) is 35.0. The van der Waals surface area contributed by atoms with Gasteiger partial charge in [-0.1, -0.05) is 301 Å². The van der Waals surface area contributed by atoms with Gasteiger partial charge in [0.1, 0.15) is 0 Å². The molecule has 2 atom stereocenters. The molecule has 0 aromatic heterocycles. The average molecular weight is 999 g/mol. The van der Waals surface area contributed by atoms with Crippen molar-refractivity contribution in [2.45, 2.75) is 353 Å². The van der Waals surface area contributed by atoms with Gasteiger partial charge in [-0.2, -0.15) is 0 Å². The van der Waals surface area contributed by atoms with Crippen LogP contribution in [0.1, 0.15) is 341 Å². The van der Waals surface area contributed by atoms with Gasteiger partial charge in [-0.05, 0) is 64.2 Å². The Bertz CT molecular complexity index is 1150. The SMILES string of the molecule is CCCCC/C=C\C/C=C\CCCCCCCCCC(=O)OCCCCCCCCCCCCCCCCCCCCCCCCCCCCC(=O)NC(CO)C(O)/C=C/CCCCCCCCCCC. The number of hydrogen-bond acceptors (Lipinski definition) is 5. The van der Waals surface area contributed by atoms with Gasteiger partial charge in [0.25, 0.3) is 0 Å². The fourth-order valence-electron chi connectivity index (χ4n) is 9.78. The second-order valence-electron chi connectivity index (χ2n) is 21.7. The molecule has 0 spiro atoms. The van der Waals surface area contributed by atoms with Crippen molar-refractivity contribution in [1.82, 2.24) is 5.32 Å². The molecule has 0 aliphatic heterocycles. The summed E-state index contributed by atoms with van der Waals surface area (Å²) in [5.74, 6) is -0.0573. The van der Waals surface area contributed by atoms with Crippen LogP contribution in [0, 0.1) is 0 Å². The van der Waals surface area contributed by atoms with E-state index in [-0.39, 0.29) is 18.5 Å². The zero-order chi connectivity index (χ0) is 51.4. The molecular formula is C65H123NO5. The number of aliphatic hydroxyl groups is 2. The first-order valence-electron chi connectivity index (χ1n) is 31.8. The monoisotopic (exact) mass is 998 g/mol. The van der Waals surface area contributed by atoms with E-state index in [1.54, 1.807) is 6.08 Å². The van der Waals surface area contributed by atoms with E-state index in [0.717, 1.165) is 51.4 Å². The third-order valence-electron chi connectivity index (χ3n) is 14.7. The molecule has 0 fully saturated rings. The lowest BCUT2D eigenvalue weighted by Crippen LogP contribution is -2.45. The van der Waals surface area contributed by atoms with Gasteiger partial charge in [-0.15, -0.1) is 0 Å². The molecule has 418 valence electrons. The molecule has 0 heterocycles. The molecule has 0 aliphatic rings. The minimum absolute atomic E-state index is 0.00903. The number of carbonyl (C=O) groups excluding carboxylic acids is 2. The van der Waals surface area contributed by atoms with Crippen LogP contribution in [0.15, 0.2) is 36.5 Å². The van der Waals surface area contributed by atoms with Crippen molar-refractivity contribution in [2.75, 3.05) is 13.2 Å². The van der Waals surface area contributed by atoms with Crippen molar-refractivity contribution >= 4 is 11.9 Å². The topological polar surface area (TPSA) is 95.9 Å². The summed E-state index contributed by atoms with van der Waals surface area (Å²) in [5, 5.41) is 23.0. The predicted octanol–water partition coefficient (Wildman–Crippen LogP) is 20.0. The Labute approximate surface area is 443 Å². The summed E-state index contributed by atoms with van der Waals surface area (Å²) in [6.07, 6.45) is 76.3. The van der Waals surface area contributed by atoms with Gasteiger partial charge in [-0.3, -0.25) is 9.59 Å². The summed E-state index contributed by atoms with van der Waals surface area (Å²) in [6, 6.07) is -0.625. The summed E-state index contributed by atoms with van der Waals surface area (Å²) in [5.41, 5.74) is 0. The molecule has 6 heteroatoms. The molecule has 2 unspecified atom stereocenters. The molecule has 3 N–H and O–H groups in total. The Hall–Kier alpha value is -1.92. The summed E-state index contributed by atoms with van der Waals surface area (Å²) in [6.45, 7) is 4.88. The maximum absolute atomic E-state index is 12.4. The maximum Gasteiger partial charge on any atom is 0.305 e. The number of ether oxygens (including phenoxy) is 1. The molecule has 0 saturated carbocycles. The van der Waals surface area contributed by atoms with Gasteiger partial charge in [0.05, 0.1) is 25.4 Å². The van der Waals surface area contributed by atoms with Gasteiger partial charge >= 0.3 is 5.97 Å². The summed E-state index contributed by atoms with van der Waals surface area (Å²) in [7, 11) is 0. The highest BCUT2D eigenvalue weighted by atomic mass is 16.5. The molecule has 0 rings (SSSR count). The summed E-state index contributed by atoms with van der Waals surface area (Å²) < 4.78 is 5.49. The highest BCUT2D eigenvalue weighted by molar-refractivity contribution is 5.76. The van der Waals surface area contributed by atoms with Crippen molar-refractivity contribution in [1.29, 1.82) is 0 Å². The van der Waals surface area contributed by atoms with Crippen molar-refractivity contribution in [3.63, 3.8) is 0 Å². The minimum Gasteiger partial charge on any atom is -0.466 e. The number of carbonyl (C=O) groups is 2. The molecule has 6 nitrogen and oxygen atoms in total. The van der Waals surface area contributed by atoms with Crippen LogP contribution in [0.4, 0.5) is 0 Å². The Morgan fingerprint density at radius 1 is 0.394 bits per heavy atom. The molecule has 0 aromatic carbocycles. The molecule has 0 aromatic rings. The lowest BCUT2D eigenvalue weighted by Gasteiger charge is -2.20. The van der Waals surface area contributed by atoms with E-state index in [4.69, 9.17) is 4.74 Å². The van der Waals surface area contributed by atoms with Crippen LogP contribution in [0.25, 0.3) is 0 Å². The highest BCUT2D eigenvalue weighted by Crippen LogP contribution is 2.18. The number of amides is 1. The largest absolute Gasteiger partial charge is 0.466 e. The van der Waals surface area contributed by atoms with Crippen molar-refractivity contribution in [3.8, 4) is 0 Å². The minimum atomic E-state index is -0.841. The van der Waals surface area contributed by atoms with Gasteiger partial charge in [0.2, 0.25) is 5.91 Å². The van der Waals surface area contributed by atoms with E-state index in [1.165, 1.54) is 263 Å². The van der Waals surface area contributed by atoms with Crippen LogP contribution < -0.4 is 5.32 Å². The summed E-state index contributed by atoms with van der Waals surface area (Å²) >= 11 is 0. The predicted molar refractivity (Wildman–Crippen MR) is 310 cm³/mol. The zero-order valence-corrected chi connectivity index (χ0v) is 47.7. The third kappa shape index (κ3) is 57.2. The molecule has 0 bridgehead atoms. The molecule has 0 radical (unpaired) electrons. The fraction of sp³-hybridized carbons (Fsp3) is 0.877. The van der Waals surface area contributed by atoms with Gasteiger partial charge in [0.15, 0.2) is 0 Å². The number of allylic oxidation sites excluding steroid dienone is 5. The van der Waals surface area contributed by atoms with E-state index < -0.39 is 12.1 Å². The Kier molecular flexibility index (Phi) is 59.0. The lowest BCUT2D eigenvalue weighted by molar-refractivity contribution is -0.143. The van der Waals surface area contributed by atoms with Crippen molar-refractivity contribution in [3.05, 3.63) is 36.5 Å². The van der Waals surface area contributed by atoms with Gasteiger partial charge < -0.3 is 20.3 Å². The number of hydrogen-bond donors (Lipinski definition) is 3. The van der Waals surface area contributed by atoms with Gasteiger partial charge in [0, 0.05) is 12.8 Å². The van der Waals surface area contributed by atoms with Crippen molar-refractivity contribution in [2.24, 2.45) is 0 Å². The van der Waals surface area contributed by atoms with E-state index in [2.05, 4.69) is 43.5 Å². The van der Waals surface area contributed by atoms with Crippen molar-refractivity contribution < 1.29 is 24.5 Å². The Morgan fingerprint density at radius 2 is 0.704 bits per heavy atom. The lowest BCUT2D eigenvalue weighted by atomic mass is 10.0. The quantitative estimate of drug-likeness (QED) is 0.0321. The standard InChI is InChI=1S/C65H123NO5/c1-3-5-7-9-11-13-15-16-17-28-32-35-39-43-47-51-55-59-65(70)71-60-56-52-48-44-40-36-33-30-27-25-23-21-19-18-20-22-24-26-29-31-34-38-42-46-50-54-58-64(69)66-62(61-67)63(68)57-53-49-45-41-37-14-12-10-8-6-4-2/h11,13,16-17,53,57,62-63,67-68H,3-10,12,14-15,18-52,54-56,58-61H2,1-2H3,(H,66,69)/b13-11-,17-16-,57-53+. The normalized spacial score (nSPS) is 12.8. The summed E-state index contributed by atoms with van der Waals surface area (Å²) in [4.78, 5) is 24.5. The number of unbranched alkanes of at least 4 members (excludes halogenated alkanes) is 44. The van der Waals surface area contributed by atoms with Gasteiger partial charge in [-0.25, -0.2) is 0 Å². The maximum atomic E-state index is 12.4. The van der Waals surface area contributed by atoms with Crippen LogP contribution >= 0.6 is 0 Å². The first-order valence-corrected chi connectivity index (χ1v) is 31.8. The van der Waals surface area contributed by atoms with E-state index in [0.29, 0.717) is 19.4 Å². The van der Waals surface area contributed by atoms with E-state index in [1.807, 2.05) is 6.08 Å². The fourth-order valence-corrected chi connectivity index (χ4v) is 9.78. The number of rotatable bonds is 59. The van der Waals surface area contributed by atoms with Crippen LogP contribution in [0.3, 0.4) is 0 Å². The van der Waals surface area contributed by atoms with E-state index in [9.17, 15) is 19.8 Å². The Balaban J connectivity index is 3.35. The van der Waals surface area contributed by atoms with Crippen LogP contribution in [0.2, 0.25) is 0 Å². The molecule has 0 aliphatic carbocycles. The molecule has 71 heavy (non-hydrogen) atoms. The van der Waals surface area contributed by atoms with Crippen LogP contribution in [0.5, 0.6) is 0 Å². The number of esters is 1. The number of nitrogens with one attached hydrogen (secondary N) is 1. The molecule has 1 amide bonds. The van der Waals surface area contributed by atoms with Crippen LogP contribution in [-0.4, -0.2) is 47.4 Å². The Morgan fingerprint density at radius 3 is 1.10 bits per heavy atom. The third-order valence-corrected chi connectivity index (χ3v) is 14.7. The number of aliphatic hydroxyl groups excluding tert-OH is 2. The molecular weight excluding hydrogens is 875 g/mol. The second-order valence-corrected chi connectivity index (χ2v) is 21.7. The van der Waals surface area contributed by atoms with E-state index >= 15 is 0 Å². The average Bonchev–Trinajstić information content (AvgIpc) is 3.37. The molecule has 0 saturated heterocycles. The smallest absolute Gasteiger partial charge is 0.305 e. The zero-order valence-electron chi connectivity index (χ0n) is 47.7. The first kappa shape index (κ1) is 69.1. The highest BCUT2D eigenvalue weighted by Gasteiger charge is 2.18.